The third kappa shape index (κ3) is 12.2. The Labute approximate surface area is 532 Å². The summed E-state index contributed by atoms with van der Waals surface area (Å²) >= 11 is 0. The Bertz CT molecular complexity index is 4520. The zero-order valence-corrected chi connectivity index (χ0v) is 53.1. The van der Waals surface area contributed by atoms with Crippen LogP contribution in [0.2, 0.25) is 0 Å². The van der Waals surface area contributed by atoms with Crippen molar-refractivity contribution in [3.8, 4) is 134 Å². The fourth-order valence-corrected chi connectivity index (χ4v) is 12.5. The van der Waals surface area contributed by atoms with Crippen LogP contribution in [0.25, 0.3) is 134 Å². The average Bonchev–Trinajstić information content (AvgIpc) is 0.798. The Hall–Kier alpha value is -10.4. The van der Waals surface area contributed by atoms with Crippen molar-refractivity contribution in [2.45, 2.75) is 78.6 Å². The first kappa shape index (κ1) is 58.7. The van der Waals surface area contributed by atoms with Crippen LogP contribution in [-0.4, -0.2) is 15.0 Å². The van der Waals surface area contributed by atoms with Crippen molar-refractivity contribution >= 4 is 0 Å². The lowest BCUT2D eigenvalue weighted by atomic mass is 9.83. The van der Waals surface area contributed by atoms with E-state index in [0.29, 0.717) is 0 Å². The Balaban J connectivity index is 1.03. The molecule has 13 rings (SSSR count). The fourth-order valence-electron chi connectivity index (χ4n) is 12.5. The van der Waals surface area contributed by atoms with E-state index in [9.17, 15) is 0 Å². The highest BCUT2D eigenvalue weighted by molar-refractivity contribution is 6.00. The summed E-state index contributed by atoms with van der Waals surface area (Å²) in [4.78, 5) is 15.0. The molecule has 3 nitrogen and oxygen atoms in total. The molecule has 0 saturated heterocycles. The number of nitrogens with zero attached hydrogens (tertiary/aromatic N) is 3. The van der Waals surface area contributed by atoms with Gasteiger partial charge in [-0.3, -0.25) is 15.0 Å². The summed E-state index contributed by atoms with van der Waals surface area (Å²) in [6.45, 7) is 20.3. The number of hydrogen-bond donors (Lipinski definition) is 0. The van der Waals surface area contributed by atoms with E-state index in [1.807, 2.05) is 18.6 Å². The van der Waals surface area contributed by atoms with Crippen LogP contribution in [0.4, 0.5) is 0 Å². The molecule has 3 aromatic heterocycles. The van der Waals surface area contributed by atoms with Crippen LogP contribution in [-0.2, 0) is 16.2 Å². The molecule has 90 heavy (non-hydrogen) atoms. The van der Waals surface area contributed by atoms with Gasteiger partial charge in [-0.25, -0.2) is 0 Å². The molecule has 13 aromatic rings. The predicted octanol–water partition coefficient (Wildman–Crippen LogP) is 23.8. The van der Waals surface area contributed by atoms with Gasteiger partial charge >= 0.3 is 0 Å². The van der Waals surface area contributed by atoms with E-state index >= 15 is 0 Å². The van der Waals surface area contributed by atoms with Crippen molar-refractivity contribution in [1.29, 1.82) is 0 Å². The molecule has 0 radical (unpaired) electrons. The highest BCUT2D eigenvalue weighted by Crippen LogP contribution is 2.48. The van der Waals surface area contributed by atoms with Crippen molar-refractivity contribution < 1.29 is 0 Å². The lowest BCUT2D eigenvalue weighted by Crippen LogP contribution is -2.11. The standard InChI is InChI=1S/C87H75N3/c1-85(2,3)67-45-47-88-83(55-67)62-38-42-77(80(53-62)59-27-15-11-16-28-59)74-35-23-20-32-71(74)65-49-64(70-31-19-22-34-73(70)76-41-37-61(52-79(76)58-25-13-10-14-26-58)82-44-40-69(57-90-82)87(7,8)9)50-66(51-65)72-33-21-24-36-75(72)78-43-39-63(54-81(78)60-29-17-12-18-30-60)84-56-68(46-48-89-84)86(4,5)6/h10-57H,1-9H3. The average molecular weight is 1160 g/mol. The molecule has 0 fully saturated rings. The zero-order chi connectivity index (χ0) is 62.2. The molecule has 3 heterocycles. The Morgan fingerprint density at radius 3 is 0.800 bits per heavy atom. The molecule has 0 aliphatic rings. The first-order chi connectivity index (χ1) is 43.5. The number of benzene rings is 10. The van der Waals surface area contributed by atoms with Crippen molar-refractivity contribution in [2.24, 2.45) is 0 Å². The third-order valence-corrected chi connectivity index (χ3v) is 17.6. The number of hydrogen-bond acceptors (Lipinski definition) is 3. The van der Waals surface area contributed by atoms with Crippen LogP contribution >= 0.6 is 0 Å². The van der Waals surface area contributed by atoms with Gasteiger partial charge in [0, 0.05) is 35.3 Å². The maximum Gasteiger partial charge on any atom is 0.0705 e. The molecule has 0 amide bonds. The van der Waals surface area contributed by atoms with Crippen LogP contribution in [0.3, 0.4) is 0 Å². The molecule has 0 unspecified atom stereocenters. The summed E-state index contributed by atoms with van der Waals surface area (Å²) in [7, 11) is 0. The first-order valence-corrected chi connectivity index (χ1v) is 31.5. The van der Waals surface area contributed by atoms with E-state index in [2.05, 4.69) is 335 Å². The fraction of sp³-hybridized carbons (Fsp3) is 0.138. The smallest absolute Gasteiger partial charge is 0.0705 e. The highest BCUT2D eigenvalue weighted by atomic mass is 14.7. The van der Waals surface area contributed by atoms with Gasteiger partial charge in [0.1, 0.15) is 0 Å². The molecule has 0 bridgehead atoms. The van der Waals surface area contributed by atoms with Gasteiger partial charge in [0.15, 0.2) is 0 Å². The molecule has 0 aliphatic carbocycles. The van der Waals surface area contributed by atoms with E-state index in [4.69, 9.17) is 15.0 Å². The minimum atomic E-state index is -0.0230. The Morgan fingerprint density at radius 2 is 0.489 bits per heavy atom. The van der Waals surface area contributed by atoms with Crippen molar-refractivity contribution in [3.63, 3.8) is 0 Å². The molecule has 438 valence electrons. The summed E-state index contributed by atoms with van der Waals surface area (Å²) in [5.74, 6) is 0. The zero-order valence-electron chi connectivity index (χ0n) is 53.1. The summed E-state index contributed by atoms with van der Waals surface area (Å²) in [6, 6.07) is 100. The molecule has 0 aliphatic heterocycles. The van der Waals surface area contributed by atoms with Gasteiger partial charge < -0.3 is 0 Å². The molecular formula is C87H75N3. The number of rotatable bonds is 12. The first-order valence-electron chi connectivity index (χ1n) is 31.5. The van der Waals surface area contributed by atoms with Gasteiger partial charge in [-0.2, -0.15) is 0 Å². The molecule has 0 atom stereocenters. The largest absolute Gasteiger partial charge is 0.256 e. The van der Waals surface area contributed by atoms with E-state index in [-0.39, 0.29) is 16.2 Å². The van der Waals surface area contributed by atoms with Crippen LogP contribution in [0.5, 0.6) is 0 Å². The summed E-state index contributed by atoms with van der Waals surface area (Å²) in [5, 5.41) is 0. The van der Waals surface area contributed by atoms with Gasteiger partial charge in [-0.1, -0.05) is 269 Å². The Morgan fingerprint density at radius 1 is 0.189 bits per heavy atom. The van der Waals surface area contributed by atoms with Gasteiger partial charge in [-0.15, -0.1) is 0 Å². The third-order valence-electron chi connectivity index (χ3n) is 17.6. The van der Waals surface area contributed by atoms with Crippen molar-refractivity contribution in [2.75, 3.05) is 0 Å². The van der Waals surface area contributed by atoms with Gasteiger partial charge in [0.05, 0.1) is 17.1 Å². The van der Waals surface area contributed by atoms with Gasteiger partial charge in [-0.05, 0) is 200 Å². The second kappa shape index (κ2) is 24.3. The SMILES string of the molecule is CC(C)(C)c1ccc(-c2ccc(-c3ccccc3-c3cc(-c4ccccc4-c4ccc(-c5cc(C(C)(C)C)ccn5)cc4-c4ccccc4)cc(-c4ccccc4-c4ccc(-c5cc(C(C)(C)C)ccn5)cc4-c4ccccc4)c3)c(-c3ccccc3)c2)nc1. The van der Waals surface area contributed by atoms with Gasteiger partial charge in [0.25, 0.3) is 0 Å². The summed E-state index contributed by atoms with van der Waals surface area (Å²) in [6.07, 6.45) is 5.93. The molecular weight excluding hydrogens is 1090 g/mol. The lowest BCUT2D eigenvalue weighted by Gasteiger charge is -2.21. The van der Waals surface area contributed by atoms with E-state index in [1.54, 1.807) is 0 Å². The normalized spacial score (nSPS) is 11.8. The second-order valence-electron chi connectivity index (χ2n) is 26.9. The maximum atomic E-state index is 5.05. The second-order valence-corrected chi connectivity index (χ2v) is 26.9. The van der Waals surface area contributed by atoms with Crippen LogP contribution in [0.15, 0.2) is 292 Å². The van der Waals surface area contributed by atoms with Crippen LogP contribution in [0.1, 0.15) is 79.0 Å². The molecule has 0 spiro atoms. The number of pyridine rings is 3. The highest BCUT2D eigenvalue weighted by Gasteiger charge is 2.24. The van der Waals surface area contributed by atoms with E-state index in [0.717, 1.165) is 134 Å². The van der Waals surface area contributed by atoms with E-state index in [1.165, 1.54) is 16.7 Å². The van der Waals surface area contributed by atoms with Crippen molar-refractivity contribution in [3.05, 3.63) is 308 Å². The van der Waals surface area contributed by atoms with Crippen LogP contribution in [0, 0.1) is 0 Å². The van der Waals surface area contributed by atoms with Crippen LogP contribution < -0.4 is 0 Å². The monoisotopic (exact) mass is 1160 g/mol. The topological polar surface area (TPSA) is 38.7 Å². The van der Waals surface area contributed by atoms with Crippen molar-refractivity contribution in [1.82, 2.24) is 15.0 Å². The molecule has 0 saturated carbocycles. The summed E-state index contributed by atoms with van der Waals surface area (Å²) in [5.41, 5.74) is 30.2. The minimum absolute atomic E-state index is 0.00203. The number of aromatic nitrogens is 3. The maximum absolute atomic E-state index is 5.05. The minimum Gasteiger partial charge on any atom is -0.256 e. The van der Waals surface area contributed by atoms with Gasteiger partial charge in [0.2, 0.25) is 0 Å². The summed E-state index contributed by atoms with van der Waals surface area (Å²) < 4.78 is 0. The quantitative estimate of drug-likeness (QED) is 0.122. The molecule has 10 aromatic carbocycles. The van der Waals surface area contributed by atoms with E-state index < -0.39 is 0 Å². The molecule has 0 N–H and O–H groups in total. The predicted molar refractivity (Wildman–Crippen MR) is 381 cm³/mol. The lowest BCUT2D eigenvalue weighted by molar-refractivity contribution is 0.587. The molecule has 3 heteroatoms. The Kier molecular flexibility index (Phi) is 15.8.